The van der Waals surface area contributed by atoms with Crippen LogP contribution in [0.15, 0.2) is 5.10 Å². The SMILES string of the molecule is CC(C)NC(=O)CCOC(=O)C1CC2CC(CC/C(N)=N/NN)CCC2CN1. The Labute approximate surface area is 167 Å². The second kappa shape index (κ2) is 11.2. The number of fused-ring (bicyclic) bond motifs is 1. The number of carbonyl (C=O) groups is 2. The minimum Gasteiger partial charge on any atom is -0.464 e. The molecule has 1 aliphatic heterocycles. The Bertz CT molecular complexity index is 554. The molecule has 9 nitrogen and oxygen atoms in total. The van der Waals surface area contributed by atoms with Crippen LogP contribution in [0.1, 0.15) is 58.8 Å². The van der Waals surface area contributed by atoms with Gasteiger partial charge < -0.3 is 21.1 Å². The van der Waals surface area contributed by atoms with Crippen LogP contribution in [0.25, 0.3) is 0 Å². The smallest absolute Gasteiger partial charge is 0.323 e. The summed E-state index contributed by atoms with van der Waals surface area (Å²) in [6.07, 6.45) is 6.19. The van der Waals surface area contributed by atoms with E-state index in [-0.39, 0.29) is 37.0 Å². The van der Waals surface area contributed by atoms with E-state index in [9.17, 15) is 9.59 Å². The Morgan fingerprint density at radius 1 is 1.21 bits per heavy atom. The number of piperidine rings is 1. The number of rotatable bonds is 9. The van der Waals surface area contributed by atoms with Gasteiger partial charge in [0.1, 0.15) is 18.5 Å². The van der Waals surface area contributed by atoms with Crippen molar-refractivity contribution in [2.45, 2.75) is 70.9 Å². The molecule has 7 N–H and O–H groups in total. The molecule has 2 rings (SSSR count). The first-order chi connectivity index (χ1) is 13.4. The van der Waals surface area contributed by atoms with Gasteiger partial charge in [0.05, 0.1) is 6.42 Å². The Kier molecular flexibility index (Phi) is 8.98. The van der Waals surface area contributed by atoms with Crippen LogP contribution in [-0.4, -0.2) is 42.9 Å². The Balaban J connectivity index is 1.73. The lowest BCUT2D eigenvalue weighted by Crippen LogP contribution is -2.50. The van der Waals surface area contributed by atoms with E-state index < -0.39 is 0 Å². The van der Waals surface area contributed by atoms with Crippen LogP contribution in [0.2, 0.25) is 0 Å². The highest BCUT2D eigenvalue weighted by molar-refractivity contribution is 5.80. The fraction of sp³-hybridized carbons (Fsp3) is 0.842. The maximum atomic E-state index is 12.4. The first-order valence-corrected chi connectivity index (χ1v) is 10.4. The number of hydrogen-bond donors (Lipinski definition) is 5. The molecule has 4 atom stereocenters. The van der Waals surface area contributed by atoms with E-state index >= 15 is 0 Å². The molecule has 4 unspecified atom stereocenters. The third-order valence-corrected chi connectivity index (χ3v) is 5.74. The summed E-state index contributed by atoms with van der Waals surface area (Å²) in [5.41, 5.74) is 8.03. The van der Waals surface area contributed by atoms with Crippen LogP contribution in [0, 0.1) is 17.8 Å². The van der Waals surface area contributed by atoms with E-state index in [0.29, 0.717) is 23.6 Å². The summed E-state index contributed by atoms with van der Waals surface area (Å²) in [5.74, 6) is 7.07. The van der Waals surface area contributed by atoms with Crippen molar-refractivity contribution in [2.24, 2.45) is 34.4 Å². The van der Waals surface area contributed by atoms with Crippen LogP contribution >= 0.6 is 0 Å². The molecular weight excluding hydrogens is 360 g/mol. The molecular formula is C19H36N6O3. The van der Waals surface area contributed by atoms with Crippen molar-refractivity contribution in [1.29, 1.82) is 0 Å². The highest BCUT2D eigenvalue weighted by atomic mass is 16.5. The van der Waals surface area contributed by atoms with Gasteiger partial charge in [0, 0.05) is 12.5 Å². The van der Waals surface area contributed by atoms with E-state index in [4.69, 9.17) is 16.3 Å². The van der Waals surface area contributed by atoms with Gasteiger partial charge in [0.2, 0.25) is 5.91 Å². The zero-order valence-corrected chi connectivity index (χ0v) is 17.1. The Morgan fingerprint density at radius 3 is 2.71 bits per heavy atom. The van der Waals surface area contributed by atoms with Crippen molar-refractivity contribution in [2.75, 3.05) is 13.2 Å². The van der Waals surface area contributed by atoms with Gasteiger partial charge in [-0.3, -0.25) is 9.59 Å². The highest BCUT2D eigenvalue weighted by Crippen LogP contribution is 2.40. The molecule has 28 heavy (non-hydrogen) atoms. The second-order valence-corrected chi connectivity index (χ2v) is 8.31. The zero-order chi connectivity index (χ0) is 20.5. The largest absolute Gasteiger partial charge is 0.464 e. The van der Waals surface area contributed by atoms with Gasteiger partial charge in [0.15, 0.2) is 0 Å². The van der Waals surface area contributed by atoms with Gasteiger partial charge in [0.25, 0.3) is 0 Å². The number of amidine groups is 1. The number of nitrogens with two attached hydrogens (primary N) is 2. The molecule has 2 aliphatic rings. The molecule has 9 heteroatoms. The quantitative estimate of drug-likeness (QED) is 0.124. The minimum atomic E-state index is -0.277. The summed E-state index contributed by atoms with van der Waals surface area (Å²) in [5, 5.41) is 9.93. The van der Waals surface area contributed by atoms with Crippen molar-refractivity contribution in [3.05, 3.63) is 0 Å². The highest BCUT2D eigenvalue weighted by Gasteiger charge is 2.38. The average Bonchev–Trinajstić information content (AvgIpc) is 2.65. The van der Waals surface area contributed by atoms with Crippen LogP contribution in [0.5, 0.6) is 0 Å². The molecule has 0 radical (unpaired) electrons. The van der Waals surface area contributed by atoms with E-state index in [1.165, 1.54) is 12.8 Å². The second-order valence-electron chi connectivity index (χ2n) is 8.31. The summed E-state index contributed by atoms with van der Waals surface area (Å²) in [7, 11) is 0. The standard InChI is InChI=1S/C19H36N6O3/c1-12(2)23-18(26)7-8-28-19(27)16-10-15-9-13(3-5-14(15)11-22-16)4-6-17(20)24-25-21/h12-16,22,25H,3-11,21H2,1-2H3,(H2,20,24)(H,23,26). The molecule has 0 bridgehead atoms. The lowest BCUT2D eigenvalue weighted by molar-refractivity contribution is -0.148. The molecule has 2 fully saturated rings. The minimum absolute atomic E-state index is 0.0904. The first kappa shape index (κ1) is 22.4. The van der Waals surface area contributed by atoms with Gasteiger partial charge in [-0.2, -0.15) is 5.10 Å². The molecule has 0 aromatic carbocycles. The molecule has 0 aromatic heterocycles. The predicted octanol–water partition coefficient (Wildman–Crippen LogP) is 0.354. The molecule has 1 saturated heterocycles. The molecule has 0 aromatic rings. The molecule has 1 amide bonds. The Hall–Kier alpha value is -1.87. The fourth-order valence-corrected chi connectivity index (χ4v) is 4.33. The number of hydrazone groups is 1. The summed E-state index contributed by atoms with van der Waals surface area (Å²) in [4.78, 5) is 24.0. The summed E-state index contributed by atoms with van der Waals surface area (Å²) < 4.78 is 5.33. The van der Waals surface area contributed by atoms with Gasteiger partial charge in [-0.15, -0.1) is 0 Å². The van der Waals surface area contributed by atoms with Crippen LogP contribution in [0.4, 0.5) is 0 Å². The predicted molar refractivity (Wildman–Crippen MR) is 108 cm³/mol. The normalized spacial score (nSPS) is 27.8. The number of hydrazine groups is 1. The molecule has 1 saturated carbocycles. The number of ether oxygens (including phenoxy) is 1. The number of carbonyl (C=O) groups excluding carboxylic acids is 2. The summed E-state index contributed by atoms with van der Waals surface area (Å²) in [6.45, 7) is 4.78. The van der Waals surface area contributed by atoms with Gasteiger partial charge in [-0.25, -0.2) is 11.4 Å². The lowest BCUT2D eigenvalue weighted by atomic mass is 9.69. The van der Waals surface area contributed by atoms with Gasteiger partial charge >= 0.3 is 5.97 Å². The van der Waals surface area contributed by atoms with E-state index in [1.807, 2.05) is 13.8 Å². The Morgan fingerprint density at radius 2 is 2.00 bits per heavy atom. The number of nitrogens with zero attached hydrogens (tertiary/aromatic N) is 1. The van der Waals surface area contributed by atoms with Crippen molar-refractivity contribution < 1.29 is 14.3 Å². The molecule has 1 heterocycles. The van der Waals surface area contributed by atoms with E-state index in [0.717, 1.165) is 32.2 Å². The monoisotopic (exact) mass is 396 g/mol. The van der Waals surface area contributed by atoms with Crippen molar-refractivity contribution in [3.8, 4) is 0 Å². The van der Waals surface area contributed by atoms with Gasteiger partial charge in [-0.05, 0) is 63.8 Å². The van der Waals surface area contributed by atoms with E-state index in [1.54, 1.807) is 0 Å². The number of hydrogen-bond acceptors (Lipinski definition) is 7. The molecule has 1 aliphatic carbocycles. The third kappa shape index (κ3) is 7.27. The molecule has 160 valence electrons. The zero-order valence-electron chi connectivity index (χ0n) is 17.1. The van der Waals surface area contributed by atoms with Crippen LogP contribution in [0.3, 0.4) is 0 Å². The van der Waals surface area contributed by atoms with Crippen LogP contribution < -0.4 is 27.7 Å². The summed E-state index contributed by atoms with van der Waals surface area (Å²) >= 11 is 0. The van der Waals surface area contributed by atoms with Crippen LogP contribution in [-0.2, 0) is 14.3 Å². The van der Waals surface area contributed by atoms with Crippen molar-refractivity contribution >= 4 is 17.7 Å². The molecule has 0 spiro atoms. The maximum Gasteiger partial charge on any atom is 0.323 e. The average molecular weight is 397 g/mol. The van der Waals surface area contributed by atoms with Gasteiger partial charge in [-0.1, -0.05) is 6.42 Å². The van der Waals surface area contributed by atoms with Crippen molar-refractivity contribution in [1.82, 2.24) is 16.2 Å². The number of nitrogens with one attached hydrogen (secondary N) is 3. The number of amides is 1. The summed E-state index contributed by atoms with van der Waals surface area (Å²) in [6, 6.07) is -0.186. The topological polar surface area (TPSA) is 144 Å². The maximum absolute atomic E-state index is 12.4. The van der Waals surface area contributed by atoms with Crippen molar-refractivity contribution in [3.63, 3.8) is 0 Å². The third-order valence-electron chi connectivity index (χ3n) is 5.74. The lowest BCUT2D eigenvalue weighted by Gasteiger charge is -2.42. The fourth-order valence-electron chi connectivity index (χ4n) is 4.33. The van der Waals surface area contributed by atoms with E-state index in [2.05, 4.69) is 21.3 Å². The number of esters is 1. The first-order valence-electron chi connectivity index (χ1n) is 10.4.